The van der Waals surface area contributed by atoms with Gasteiger partial charge in [0.25, 0.3) is 0 Å². The maximum atomic E-state index is 13.2. The van der Waals surface area contributed by atoms with Crippen molar-refractivity contribution in [3.05, 3.63) is 51.5 Å². The molecule has 1 N–H and O–H groups in total. The minimum Gasteiger partial charge on any atom is -0.378 e. The molecule has 0 bridgehead atoms. The third-order valence-corrected chi connectivity index (χ3v) is 4.03. The van der Waals surface area contributed by atoms with E-state index < -0.39 is 17.6 Å². The van der Waals surface area contributed by atoms with E-state index in [1.807, 2.05) is 26.0 Å². The predicted molar refractivity (Wildman–Crippen MR) is 72.5 cm³/mol. The molecule has 1 aromatic carbocycles. The lowest BCUT2D eigenvalue weighted by molar-refractivity contribution is -0.139. The van der Waals surface area contributed by atoms with E-state index >= 15 is 0 Å². The number of alkyl halides is 3. The Morgan fingerprint density at radius 3 is 2.40 bits per heavy atom. The standard InChI is InChI=1S/C14H13F4NS/c1-8-3-6-13(20-8)9(2)19-10-4-5-12(15)11(7-10)14(16,17)18/h3-7,9,19H,1-2H3. The normalized spacial score (nSPS) is 13.3. The number of aryl methyl sites for hydroxylation is 1. The van der Waals surface area contributed by atoms with Crippen LogP contribution in [0.4, 0.5) is 23.2 Å². The molecule has 2 aromatic rings. The van der Waals surface area contributed by atoms with Crippen molar-refractivity contribution in [3.63, 3.8) is 0 Å². The van der Waals surface area contributed by atoms with E-state index in [2.05, 4.69) is 5.32 Å². The number of benzene rings is 1. The van der Waals surface area contributed by atoms with Crippen LogP contribution < -0.4 is 5.32 Å². The van der Waals surface area contributed by atoms with E-state index in [0.29, 0.717) is 0 Å². The van der Waals surface area contributed by atoms with Crippen molar-refractivity contribution in [3.8, 4) is 0 Å². The number of hydrogen-bond donors (Lipinski definition) is 1. The summed E-state index contributed by atoms with van der Waals surface area (Å²) in [6, 6.07) is 6.67. The quantitative estimate of drug-likeness (QED) is 0.750. The Bertz CT molecular complexity index is 603. The van der Waals surface area contributed by atoms with Crippen molar-refractivity contribution in [2.24, 2.45) is 0 Å². The van der Waals surface area contributed by atoms with Gasteiger partial charge in [0, 0.05) is 15.4 Å². The summed E-state index contributed by atoms with van der Waals surface area (Å²) in [6.07, 6.45) is -4.69. The van der Waals surface area contributed by atoms with E-state index in [1.54, 1.807) is 11.3 Å². The van der Waals surface area contributed by atoms with Crippen molar-refractivity contribution in [2.45, 2.75) is 26.1 Å². The largest absolute Gasteiger partial charge is 0.419 e. The van der Waals surface area contributed by atoms with Gasteiger partial charge in [-0.2, -0.15) is 13.2 Å². The van der Waals surface area contributed by atoms with Gasteiger partial charge in [-0.15, -0.1) is 11.3 Å². The molecule has 1 nitrogen and oxygen atoms in total. The molecule has 1 atom stereocenters. The second-order valence-corrected chi connectivity index (χ2v) is 5.83. The molecule has 0 saturated carbocycles. The fourth-order valence-electron chi connectivity index (χ4n) is 1.84. The third-order valence-electron chi connectivity index (χ3n) is 2.84. The van der Waals surface area contributed by atoms with Gasteiger partial charge in [0.1, 0.15) is 5.82 Å². The highest BCUT2D eigenvalue weighted by Crippen LogP contribution is 2.34. The van der Waals surface area contributed by atoms with Crippen LogP contribution in [0.15, 0.2) is 30.3 Å². The van der Waals surface area contributed by atoms with Crippen LogP contribution in [-0.2, 0) is 6.18 Å². The fourth-order valence-corrected chi connectivity index (χ4v) is 2.72. The molecule has 1 aromatic heterocycles. The summed E-state index contributed by atoms with van der Waals surface area (Å²) in [6.45, 7) is 3.81. The summed E-state index contributed by atoms with van der Waals surface area (Å²) in [7, 11) is 0. The fraction of sp³-hybridized carbons (Fsp3) is 0.286. The van der Waals surface area contributed by atoms with Crippen LogP contribution in [0.1, 0.15) is 28.3 Å². The number of halogens is 4. The topological polar surface area (TPSA) is 12.0 Å². The van der Waals surface area contributed by atoms with Crippen molar-refractivity contribution >= 4 is 17.0 Å². The van der Waals surface area contributed by atoms with Crippen LogP contribution >= 0.6 is 11.3 Å². The minimum atomic E-state index is -4.69. The second-order valence-electron chi connectivity index (χ2n) is 4.51. The van der Waals surface area contributed by atoms with Crippen LogP contribution in [0.3, 0.4) is 0 Å². The first-order valence-electron chi connectivity index (χ1n) is 5.97. The molecule has 20 heavy (non-hydrogen) atoms. The Morgan fingerprint density at radius 1 is 1.15 bits per heavy atom. The van der Waals surface area contributed by atoms with Crippen LogP contribution in [0.25, 0.3) is 0 Å². The summed E-state index contributed by atoms with van der Waals surface area (Å²) in [5.41, 5.74) is -1.01. The first-order chi connectivity index (χ1) is 9.27. The average molecular weight is 303 g/mol. The molecule has 6 heteroatoms. The van der Waals surface area contributed by atoms with Gasteiger partial charge in [0.15, 0.2) is 0 Å². The molecule has 0 aliphatic rings. The van der Waals surface area contributed by atoms with Gasteiger partial charge in [-0.3, -0.25) is 0 Å². The predicted octanol–water partition coefficient (Wildman–Crippen LogP) is 5.39. The highest BCUT2D eigenvalue weighted by Gasteiger charge is 2.34. The molecule has 1 heterocycles. The third kappa shape index (κ3) is 3.30. The summed E-state index contributed by atoms with van der Waals surface area (Å²) < 4.78 is 51.1. The van der Waals surface area contributed by atoms with E-state index in [4.69, 9.17) is 0 Å². The van der Waals surface area contributed by atoms with Gasteiger partial charge in [-0.1, -0.05) is 0 Å². The van der Waals surface area contributed by atoms with E-state index in [9.17, 15) is 17.6 Å². The summed E-state index contributed by atoms with van der Waals surface area (Å²) in [5, 5.41) is 2.95. The SMILES string of the molecule is Cc1ccc(C(C)Nc2ccc(F)c(C(F)(F)F)c2)s1. The number of anilines is 1. The smallest absolute Gasteiger partial charge is 0.378 e. The zero-order chi connectivity index (χ0) is 14.9. The highest BCUT2D eigenvalue weighted by molar-refractivity contribution is 7.12. The van der Waals surface area contributed by atoms with Crippen LogP contribution in [0.2, 0.25) is 0 Å². The zero-order valence-electron chi connectivity index (χ0n) is 10.9. The molecule has 0 fully saturated rings. The van der Waals surface area contributed by atoms with Gasteiger partial charge in [0.2, 0.25) is 0 Å². The van der Waals surface area contributed by atoms with Crippen LogP contribution in [-0.4, -0.2) is 0 Å². The van der Waals surface area contributed by atoms with Gasteiger partial charge in [-0.25, -0.2) is 4.39 Å². The lowest BCUT2D eigenvalue weighted by Crippen LogP contribution is -2.10. The molecule has 0 amide bonds. The lowest BCUT2D eigenvalue weighted by Gasteiger charge is -2.16. The Balaban J connectivity index is 2.22. The van der Waals surface area contributed by atoms with Crippen molar-refractivity contribution in [2.75, 3.05) is 5.32 Å². The Labute approximate surface area is 118 Å². The van der Waals surface area contributed by atoms with Gasteiger partial charge < -0.3 is 5.32 Å². The van der Waals surface area contributed by atoms with Crippen molar-refractivity contribution < 1.29 is 17.6 Å². The summed E-state index contributed by atoms with van der Waals surface area (Å²) >= 11 is 1.57. The molecule has 2 rings (SSSR count). The van der Waals surface area contributed by atoms with Gasteiger partial charge >= 0.3 is 6.18 Å². The molecule has 0 aliphatic heterocycles. The monoisotopic (exact) mass is 303 g/mol. The maximum absolute atomic E-state index is 13.2. The lowest BCUT2D eigenvalue weighted by atomic mass is 10.1. The van der Waals surface area contributed by atoms with Crippen LogP contribution in [0.5, 0.6) is 0 Å². The number of nitrogens with one attached hydrogen (secondary N) is 1. The van der Waals surface area contributed by atoms with Crippen molar-refractivity contribution in [1.29, 1.82) is 0 Å². The molecule has 0 aliphatic carbocycles. The highest BCUT2D eigenvalue weighted by atomic mass is 32.1. The average Bonchev–Trinajstić information content (AvgIpc) is 2.77. The molecule has 0 spiro atoms. The Morgan fingerprint density at radius 2 is 1.85 bits per heavy atom. The number of thiophene rings is 1. The Hall–Kier alpha value is -1.56. The summed E-state index contributed by atoms with van der Waals surface area (Å²) in [4.78, 5) is 2.14. The van der Waals surface area contributed by atoms with Gasteiger partial charge in [-0.05, 0) is 44.2 Å². The van der Waals surface area contributed by atoms with Crippen molar-refractivity contribution in [1.82, 2.24) is 0 Å². The van der Waals surface area contributed by atoms with E-state index in [0.717, 1.165) is 21.9 Å². The van der Waals surface area contributed by atoms with Crippen LogP contribution in [0, 0.1) is 12.7 Å². The van der Waals surface area contributed by atoms with Gasteiger partial charge in [0.05, 0.1) is 11.6 Å². The molecular weight excluding hydrogens is 290 g/mol. The molecule has 1 unspecified atom stereocenters. The maximum Gasteiger partial charge on any atom is 0.419 e. The first-order valence-corrected chi connectivity index (χ1v) is 6.78. The zero-order valence-corrected chi connectivity index (χ0v) is 11.7. The summed E-state index contributed by atoms with van der Waals surface area (Å²) in [5.74, 6) is -1.26. The second kappa shape index (κ2) is 5.44. The molecule has 0 radical (unpaired) electrons. The molecular formula is C14H13F4NS. The number of rotatable bonds is 3. The van der Waals surface area contributed by atoms with E-state index in [-0.39, 0.29) is 11.7 Å². The van der Waals surface area contributed by atoms with E-state index in [1.165, 1.54) is 6.07 Å². The number of hydrogen-bond acceptors (Lipinski definition) is 2. The molecule has 108 valence electrons. The minimum absolute atomic E-state index is 0.139. The first kappa shape index (κ1) is 14.8. The molecule has 0 saturated heterocycles. The Kier molecular flexibility index (Phi) is 4.04.